The van der Waals surface area contributed by atoms with Crippen LogP contribution in [0, 0.1) is 0 Å². The largest absolute Gasteiger partial charge is 0.282 e. The van der Waals surface area contributed by atoms with Crippen molar-refractivity contribution in [3.63, 3.8) is 0 Å². The van der Waals surface area contributed by atoms with E-state index in [4.69, 9.17) is 0 Å². The minimum atomic E-state index is 1.02. The lowest BCUT2D eigenvalue weighted by Crippen LogP contribution is -1.86. The zero-order chi connectivity index (χ0) is 12.8. The Morgan fingerprint density at radius 3 is 2.53 bits per heavy atom. The van der Waals surface area contributed by atoms with Crippen LogP contribution in [0.2, 0.25) is 0 Å². The highest BCUT2D eigenvalue weighted by Crippen LogP contribution is 2.38. The van der Waals surface area contributed by atoms with E-state index < -0.39 is 0 Å². The zero-order valence-corrected chi connectivity index (χ0v) is 12.3. The number of hydrogen-bond acceptors (Lipinski definition) is 2. The molecular formula is C15H9BrN2S. The fourth-order valence-corrected chi connectivity index (χ4v) is 4.08. The molecule has 0 saturated heterocycles. The zero-order valence-electron chi connectivity index (χ0n) is 9.88. The van der Waals surface area contributed by atoms with Crippen LogP contribution in [0.4, 0.5) is 0 Å². The molecule has 4 heteroatoms. The van der Waals surface area contributed by atoms with Gasteiger partial charge in [-0.2, -0.15) is 0 Å². The van der Waals surface area contributed by atoms with E-state index in [1.807, 2.05) is 12.1 Å². The highest BCUT2D eigenvalue weighted by molar-refractivity contribution is 9.11. The van der Waals surface area contributed by atoms with Crippen molar-refractivity contribution in [2.24, 2.45) is 0 Å². The van der Waals surface area contributed by atoms with Crippen LogP contribution >= 0.6 is 27.3 Å². The molecule has 0 unspecified atom stereocenters. The Labute approximate surface area is 122 Å². The smallest absolute Gasteiger partial charge is 0.196 e. The molecule has 0 radical (unpaired) electrons. The van der Waals surface area contributed by atoms with Crippen molar-refractivity contribution < 1.29 is 0 Å². The number of nitrogens with zero attached hydrogens (tertiary/aromatic N) is 2. The molecule has 4 aromatic rings. The van der Waals surface area contributed by atoms with Gasteiger partial charge in [-0.1, -0.05) is 53.8 Å². The van der Waals surface area contributed by atoms with Gasteiger partial charge in [-0.05, 0) is 28.1 Å². The molecule has 19 heavy (non-hydrogen) atoms. The topological polar surface area (TPSA) is 17.3 Å². The summed E-state index contributed by atoms with van der Waals surface area (Å²) in [4.78, 5) is 5.69. The number of rotatable bonds is 1. The van der Waals surface area contributed by atoms with Crippen molar-refractivity contribution in [1.29, 1.82) is 0 Å². The summed E-state index contributed by atoms with van der Waals surface area (Å²) in [6.07, 6.45) is 0. The first-order valence-electron chi connectivity index (χ1n) is 5.95. The van der Waals surface area contributed by atoms with Crippen molar-refractivity contribution >= 4 is 43.3 Å². The summed E-state index contributed by atoms with van der Waals surface area (Å²) in [7, 11) is 0. The molecule has 2 nitrogen and oxygen atoms in total. The lowest BCUT2D eigenvalue weighted by molar-refractivity contribution is 1.28. The number of para-hydroxylation sites is 2. The average molecular weight is 329 g/mol. The normalized spacial score (nSPS) is 11.4. The fourth-order valence-electron chi connectivity index (χ4n) is 2.34. The number of aromatic nitrogens is 2. The molecule has 0 aliphatic heterocycles. The van der Waals surface area contributed by atoms with Crippen molar-refractivity contribution in [3.05, 3.63) is 58.4 Å². The van der Waals surface area contributed by atoms with Crippen molar-refractivity contribution in [3.8, 4) is 11.3 Å². The third-order valence-electron chi connectivity index (χ3n) is 3.17. The second-order valence-electron chi connectivity index (χ2n) is 4.31. The van der Waals surface area contributed by atoms with E-state index >= 15 is 0 Å². The summed E-state index contributed by atoms with van der Waals surface area (Å²) in [5, 5.41) is 0. The van der Waals surface area contributed by atoms with E-state index in [2.05, 4.69) is 67.8 Å². The molecule has 2 aromatic heterocycles. The van der Waals surface area contributed by atoms with E-state index in [-0.39, 0.29) is 0 Å². The number of imidazole rings is 1. The molecule has 0 spiro atoms. The van der Waals surface area contributed by atoms with Crippen molar-refractivity contribution in [1.82, 2.24) is 9.38 Å². The first kappa shape index (κ1) is 11.2. The molecular weight excluding hydrogens is 320 g/mol. The van der Waals surface area contributed by atoms with E-state index in [0.717, 1.165) is 19.8 Å². The highest BCUT2D eigenvalue weighted by atomic mass is 79.9. The van der Waals surface area contributed by atoms with Crippen molar-refractivity contribution in [2.45, 2.75) is 0 Å². The predicted octanol–water partition coefficient (Wildman–Crippen LogP) is 4.98. The summed E-state index contributed by atoms with van der Waals surface area (Å²) in [6, 6.07) is 18.6. The summed E-state index contributed by atoms with van der Waals surface area (Å²) >= 11 is 5.34. The molecule has 2 aromatic carbocycles. The SMILES string of the molecule is Brc1sc2nc3ccccc3n2c1-c1ccccc1. The summed E-state index contributed by atoms with van der Waals surface area (Å²) < 4.78 is 3.34. The molecule has 0 atom stereocenters. The summed E-state index contributed by atoms with van der Waals surface area (Å²) in [6.45, 7) is 0. The monoisotopic (exact) mass is 328 g/mol. The third kappa shape index (κ3) is 1.64. The molecule has 2 heterocycles. The van der Waals surface area contributed by atoms with Crippen LogP contribution in [0.25, 0.3) is 27.3 Å². The predicted molar refractivity (Wildman–Crippen MR) is 83.7 cm³/mol. The Kier molecular flexibility index (Phi) is 2.47. The van der Waals surface area contributed by atoms with Crippen LogP contribution < -0.4 is 0 Å². The fraction of sp³-hybridized carbons (Fsp3) is 0. The van der Waals surface area contributed by atoms with E-state index in [1.165, 1.54) is 11.3 Å². The molecule has 0 aliphatic carbocycles. The Balaban J connectivity index is 2.17. The van der Waals surface area contributed by atoms with Gasteiger partial charge >= 0.3 is 0 Å². The van der Waals surface area contributed by atoms with Crippen LogP contribution in [-0.4, -0.2) is 9.38 Å². The van der Waals surface area contributed by atoms with E-state index in [1.54, 1.807) is 11.3 Å². The van der Waals surface area contributed by atoms with Gasteiger partial charge in [0.2, 0.25) is 0 Å². The molecule has 4 rings (SSSR count). The Morgan fingerprint density at radius 1 is 0.947 bits per heavy atom. The maximum atomic E-state index is 4.67. The van der Waals surface area contributed by atoms with Gasteiger partial charge in [0.25, 0.3) is 0 Å². The molecule has 0 fully saturated rings. The van der Waals surface area contributed by atoms with Crippen LogP contribution in [0.3, 0.4) is 0 Å². The summed E-state index contributed by atoms with van der Waals surface area (Å²) in [5.41, 5.74) is 4.56. The number of fused-ring (bicyclic) bond motifs is 3. The minimum Gasteiger partial charge on any atom is -0.282 e. The second kappa shape index (κ2) is 4.18. The average Bonchev–Trinajstić information content (AvgIpc) is 2.94. The second-order valence-corrected chi connectivity index (χ2v) is 6.60. The van der Waals surface area contributed by atoms with Gasteiger partial charge in [0.15, 0.2) is 4.96 Å². The molecule has 92 valence electrons. The maximum absolute atomic E-state index is 4.67. The maximum Gasteiger partial charge on any atom is 0.196 e. The van der Waals surface area contributed by atoms with Gasteiger partial charge in [0.1, 0.15) is 0 Å². The van der Waals surface area contributed by atoms with Gasteiger partial charge in [0.05, 0.1) is 20.5 Å². The Hall–Kier alpha value is -1.65. The van der Waals surface area contributed by atoms with Crippen LogP contribution in [0.5, 0.6) is 0 Å². The number of thiazole rings is 1. The minimum absolute atomic E-state index is 1.02. The Bertz CT molecular complexity index is 877. The molecule has 0 aliphatic rings. The number of hydrogen-bond donors (Lipinski definition) is 0. The quantitative estimate of drug-likeness (QED) is 0.481. The van der Waals surface area contributed by atoms with Crippen LogP contribution in [-0.2, 0) is 0 Å². The third-order valence-corrected chi connectivity index (χ3v) is 4.86. The first-order valence-corrected chi connectivity index (χ1v) is 7.56. The standard InChI is InChI=1S/C15H9BrN2S/c16-14-13(10-6-2-1-3-7-10)18-12-9-5-4-8-11(12)17-15(18)19-14/h1-9H. The van der Waals surface area contributed by atoms with E-state index in [9.17, 15) is 0 Å². The van der Waals surface area contributed by atoms with Gasteiger partial charge in [-0.3, -0.25) is 4.40 Å². The van der Waals surface area contributed by atoms with Gasteiger partial charge in [-0.25, -0.2) is 4.98 Å². The molecule has 0 saturated carbocycles. The van der Waals surface area contributed by atoms with Gasteiger partial charge in [0, 0.05) is 5.56 Å². The summed E-state index contributed by atoms with van der Waals surface area (Å²) in [5.74, 6) is 0. The molecule has 0 bridgehead atoms. The van der Waals surface area contributed by atoms with Gasteiger partial charge in [-0.15, -0.1) is 0 Å². The highest BCUT2D eigenvalue weighted by Gasteiger charge is 2.15. The van der Waals surface area contributed by atoms with Crippen LogP contribution in [0.15, 0.2) is 58.4 Å². The van der Waals surface area contributed by atoms with Gasteiger partial charge < -0.3 is 0 Å². The Morgan fingerprint density at radius 2 is 1.68 bits per heavy atom. The first-order chi connectivity index (χ1) is 9.34. The lowest BCUT2D eigenvalue weighted by atomic mass is 10.2. The van der Waals surface area contributed by atoms with Crippen LogP contribution in [0.1, 0.15) is 0 Å². The number of benzene rings is 2. The lowest BCUT2D eigenvalue weighted by Gasteiger charge is -2.02. The van der Waals surface area contributed by atoms with Crippen molar-refractivity contribution in [2.75, 3.05) is 0 Å². The molecule has 0 amide bonds. The van der Waals surface area contributed by atoms with E-state index in [0.29, 0.717) is 0 Å². The number of halogens is 1. The molecule has 0 N–H and O–H groups in total.